The number of hydrogen-bond donors (Lipinski definition) is 2. The fourth-order valence-electron chi connectivity index (χ4n) is 2.40. The van der Waals surface area contributed by atoms with Gasteiger partial charge in [0.2, 0.25) is 0 Å². The highest BCUT2D eigenvalue weighted by Crippen LogP contribution is 2.13. The minimum atomic E-state index is -0.819. The fraction of sp³-hybridized carbons (Fsp3) is 0.529. The van der Waals surface area contributed by atoms with Gasteiger partial charge in [0.15, 0.2) is 0 Å². The number of aliphatic carboxylic acids is 2. The zero-order valence-electron chi connectivity index (χ0n) is 13.1. The second-order valence-corrected chi connectivity index (χ2v) is 6.76. The minimum absolute atomic E-state index is 0.0858. The Morgan fingerprint density at radius 3 is 2.36 bits per heavy atom. The molecular weight excluding hydrogens is 296 g/mol. The molecule has 2 radical (unpaired) electrons. The third-order valence-electron chi connectivity index (χ3n) is 3.57. The van der Waals surface area contributed by atoms with Crippen LogP contribution in [0.5, 0.6) is 0 Å². The van der Waals surface area contributed by atoms with Crippen molar-refractivity contribution in [2.75, 3.05) is 0 Å². The van der Waals surface area contributed by atoms with E-state index in [0.717, 1.165) is 17.2 Å². The van der Waals surface area contributed by atoms with Crippen molar-refractivity contribution in [2.45, 2.75) is 57.9 Å². The molecule has 0 saturated heterocycles. The Bertz CT molecular complexity index is 499. The summed E-state index contributed by atoms with van der Waals surface area (Å²) in [6, 6.07) is 7.08. The van der Waals surface area contributed by atoms with Gasteiger partial charge in [-0.3, -0.25) is 9.59 Å². The molecule has 0 fully saturated rings. The van der Waals surface area contributed by atoms with E-state index in [9.17, 15) is 9.59 Å². The molecule has 1 aromatic carbocycles. The van der Waals surface area contributed by atoms with Crippen molar-refractivity contribution in [3.63, 3.8) is 0 Å². The molecule has 22 heavy (non-hydrogen) atoms. The van der Waals surface area contributed by atoms with Crippen LogP contribution in [0, 0.1) is 0 Å². The molecule has 0 atom stereocenters. The lowest BCUT2D eigenvalue weighted by Gasteiger charge is -2.14. The molecule has 0 aliphatic rings. The van der Waals surface area contributed by atoms with E-state index in [1.165, 1.54) is 24.4 Å². The Labute approximate surface area is 134 Å². The van der Waals surface area contributed by atoms with E-state index < -0.39 is 11.9 Å². The average molecular weight is 320 g/mol. The van der Waals surface area contributed by atoms with Crippen LogP contribution in [0.15, 0.2) is 18.2 Å². The van der Waals surface area contributed by atoms with Crippen molar-refractivity contribution in [3.05, 3.63) is 29.3 Å². The molecule has 0 saturated carbocycles. The summed E-state index contributed by atoms with van der Waals surface area (Å²) < 4.78 is 0. The molecule has 120 valence electrons. The first-order valence-corrected chi connectivity index (χ1v) is 9.03. The highest BCUT2D eigenvalue weighted by atomic mass is 28.2. The third kappa shape index (κ3) is 6.89. The molecule has 0 spiro atoms. The molecule has 1 rings (SSSR count). The smallest absolute Gasteiger partial charge is 0.303 e. The molecule has 5 heteroatoms. The van der Waals surface area contributed by atoms with E-state index in [1.807, 2.05) is 12.1 Å². The molecule has 2 N–H and O–H groups in total. The summed E-state index contributed by atoms with van der Waals surface area (Å²) in [6.07, 6.45) is 4.73. The van der Waals surface area contributed by atoms with E-state index >= 15 is 0 Å². The summed E-state index contributed by atoms with van der Waals surface area (Å²) in [6.45, 7) is 2.17. The van der Waals surface area contributed by atoms with Gasteiger partial charge in [0.25, 0.3) is 0 Å². The average Bonchev–Trinajstić information content (AvgIpc) is 2.48. The third-order valence-corrected chi connectivity index (χ3v) is 5.02. The Morgan fingerprint density at radius 1 is 1.05 bits per heavy atom. The number of unbranched alkanes of at least 4 members (excludes halogenated alkanes) is 2. The maximum Gasteiger partial charge on any atom is 0.303 e. The number of carbonyl (C=O) groups is 2. The van der Waals surface area contributed by atoms with Crippen LogP contribution in [0.3, 0.4) is 0 Å². The molecule has 0 bridgehead atoms. The van der Waals surface area contributed by atoms with Gasteiger partial charge in [-0.2, -0.15) is 0 Å². The number of carboxylic acids is 2. The lowest BCUT2D eigenvalue weighted by Crippen LogP contribution is -2.22. The van der Waals surface area contributed by atoms with Gasteiger partial charge in [-0.1, -0.05) is 55.6 Å². The van der Waals surface area contributed by atoms with Gasteiger partial charge < -0.3 is 10.2 Å². The molecular formula is C17H24O4Si. The summed E-state index contributed by atoms with van der Waals surface area (Å²) in [5.41, 5.74) is 2.05. The predicted octanol–water partition coefficient (Wildman–Crippen LogP) is 2.66. The summed E-state index contributed by atoms with van der Waals surface area (Å²) >= 11 is 0. The first kappa shape index (κ1) is 18.4. The van der Waals surface area contributed by atoms with Crippen molar-refractivity contribution in [2.24, 2.45) is 0 Å². The summed E-state index contributed by atoms with van der Waals surface area (Å²) in [4.78, 5) is 21.7. The van der Waals surface area contributed by atoms with Crippen LogP contribution in [0.25, 0.3) is 0 Å². The van der Waals surface area contributed by atoms with Crippen LogP contribution < -0.4 is 5.19 Å². The van der Waals surface area contributed by atoms with Gasteiger partial charge in [-0.05, 0) is 24.0 Å². The fourth-order valence-corrected chi connectivity index (χ4v) is 3.81. The van der Waals surface area contributed by atoms with Crippen LogP contribution in [-0.2, 0) is 22.4 Å². The molecule has 1 aromatic rings. The highest BCUT2D eigenvalue weighted by Gasteiger charge is 2.11. The number of hydrogen-bond acceptors (Lipinski definition) is 2. The monoisotopic (exact) mass is 320 g/mol. The highest BCUT2D eigenvalue weighted by molar-refractivity contribution is 6.54. The van der Waals surface area contributed by atoms with E-state index in [4.69, 9.17) is 10.2 Å². The Balaban J connectivity index is 2.84. The Kier molecular flexibility index (Phi) is 8.51. The van der Waals surface area contributed by atoms with Gasteiger partial charge in [-0.25, -0.2) is 0 Å². The lowest BCUT2D eigenvalue weighted by atomic mass is 9.99. The SMILES string of the molecule is CCCCC[Si]c1cccc(CCC(=O)O)c1CCC(=O)O. The van der Waals surface area contributed by atoms with Gasteiger partial charge in [0.1, 0.15) is 0 Å². The number of carboxylic acid groups (broad SMARTS) is 2. The van der Waals surface area contributed by atoms with E-state index in [0.29, 0.717) is 22.4 Å². The quantitative estimate of drug-likeness (QED) is 0.485. The first-order chi connectivity index (χ1) is 10.5. The molecule has 0 aromatic heterocycles. The van der Waals surface area contributed by atoms with Gasteiger partial charge in [0, 0.05) is 12.8 Å². The Morgan fingerprint density at radius 2 is 1.73 bits per heavy atom. The minimum Gasteiger partial charge on any atom is -0.481 e. The zero-order chi connectivity index (χ0) is 16.4. The molecule has 0 unspecified atom stereocenters. The van der Waals surface area contributed by atoms with Crippen LogP contribution in [0.1, 0.15) is 50.2 Å². The first-order valence-electron chi connectivity index (χ1n) is 7.82. The van der Waals surface area contributed by atoms with Crippen molar-refractivity contribution < 1.29 is 19.8 Å². The van der Waals surface area contributed by atoms with E-state index in [1.54, 1.807) is 0 Å². The summed E-state index contributed by atoms with van der Waals surface area (Å²) in [7, 11) is 0.672. The zero-order valence-corrected chi connectivity index (χ0v) is 14.1. The van der Waals surface area contributed by atoms with Crippen LogP contribution >= 0.6 is 0 Å². The van der Waals surface area contributed by atoms with Crippen LogP contribution in [-0.4, -0.2) is 31.7 Å². The maximum absolute atomic E-state index is 10.9. The van der Waals surface area contributed by atoms with E-state index in [2.05, 4.69) is 13.0 Å². The summed E-state index contributed by atoms with van der Waals surface area (Å²) in [5, 5.41) is 19.0. The topological polar surface area (TPSA) is 74.6 Å². The molecule has 4 nitrogen and oxygen atoms in total. The summed E-state index contributed by atoms with van der Waals surface area (Å²) in [5.74, 6) is -1.63. The second kappa shape index (κ2) is 10.2. The van der Waals surface area contributed by atoms with Crippen molar-refractivity contribution in [1.29, 1.82) is 0 Å². The Hall–Kier alpha value is -1.62. The second-order valence-electron chi connectivity index (χ2n) is 5.36. The maximum atomic E-state index is 10.9. The molecule has 0 aliphatic heterocycles. The number of aryl methyl sites for hydroxylation is 1. The normalized spacial score (nSPS) is 10.6. The van der Waals surface area contributed by atoms with Crippen LogP contribution in [0.2, 0.25) is 6.04 Å². The molecule has 0 amide bonds. The number of rotatable bonds is 11. The van der Waals surface area contributed by atoms with Gasteiger partial charge in [-0.15, -0.1) is 0 Å². The van der Waals surface area contributed by atoms with E-state index in [-0.39, 0.29) is 12.8 Å². The van der Waals surface area contributed by atoms with Crippen molar-refractivity contribution >= 4 is 26.6 Å². The number of benzene rings is 1. The van der Waals surface area contributed by atoms with Gasteiger partial charge >= 0.3 is 11.9 Å². The molecule has 0 aliphatic carbocycles. The largest absolute Gasteiger partial charge is 0.481 e. The van der Waals surface area contributed by atoms with Gasteiger partial charge in [0.05, 0.1) is 9.52 Å². The van der Waals surface area contributed by atoms with Crippen molar-refractivity contribution in [1.82, 2.24) is 0 Å². The van der Waals surface area contributed by atoms with Crippen LogP contribution in [0.4, 0.5) is 0 Å². The van der Waals surface area contributed by atoms with Crippen molar-refractivity contribution in [3.8, 4) is 0 Å². The lowest BCUT2D eigenvalue weighted by molar-refractivity contribution is -0.138. The molecule has 0 heterocycles. The predicted molar refractivity (Wildman–Crippen MR) is 88.1 cm³/mol. The standard InChI is InChI=1S/C17H24O4Si/c1-2-3-4-12-22-15-7-5-6-13(8-10-16(18)19)14(15)9-11-17(20)21/h5-7H,2-4,8-12H2,1H3,(H,18,19)(H,20,21).